The first-order chi connectivity index (χ1) is 6.57. The highest BCUT2D eigenvalue weighted by Crippen LogP contribution is 2.05. The molecule has 0 aliphatic rings. The van der Waals surface area contributed by atoms with Crippen molar-refractivity contribution in [2.24, 2.45) is 11.8 Å². The average Bonchev–Trinajstić information content (AvgIpc) is 2.15. The van der Waals surface area contributed by atoms with Gasteiger partial charge in [-0.2, -0.15) is 0 Å². The van der Waals surface area contributed by atoms with Gasteiger partial charge in [0.1, 0.15) is 0 Å². The first-order valence-electron chi connectivity index (χ1n) is 5.45. The van der Waals surface area contributed by atoms with Crippen LogP contribution in [-0.4, -0.2) is 31.1 Å². The summed E-state index contributed by atoms with van der Waals surface area (Å²) < 4.78 is 5.48. The summed E-state index contributed by atoms with van der Waals surface area (Å²) in [7, 11) is 0. The van der Waals surface area contributed by atoms with Crippen LogP contribution in [0.25, 0.3) is 0 Å². The van der Waals surface area contributed by atoms with E-state index in [0.717, 1.165) is 25.1 Å². The predicted molar refractivity (Wildman–Crippen MR) is 66.1 cm³/mol. The molecule has 14 heavy (non-hydrogen) atoms. The third-order valence-corrected chi connectivity index (χ3v) is 3.28. The van der Waals surface area contributed by atoms with Crippen molar-refractivity contribution in [2.75, 3.05) is 25.1 Å². The number of ether oxygens (including phenoxy) is 1. The smallest absolute Gasteiger partial charge is 0.0591 e. The van der Waals surface area contributed by atoms with Crippen LogP contribution in [0.2, 0.25) is 0 Å². The molecule has 0 bridgehead atoms. The van der Waals surface area contributed by atoms with Crippen molar-refractivity contribution in [1.82, 2.24) is 5.32 Å². The van der Waals surface area contributed by atoms with E-state index in [4.69, 9.17) is 4.74 Å². The van der Waals surface area contributed by atoms with Crippen molar-refractivity contribution in [3.8, 4) is 0 Å². The number of nitrogens with one attached hydrogen (secondary N) is 1. The van der Waals surface area contributed by atoms with Crippen LogP contribution in [0.1, 0.15) is 27.7 Å². The molecule has 0 amide bonds. The molecular weight excluding hydrogens is 242 g/mol. The van der Waals surface area contributed by atoms with Gasteiger partial charge < -0.3 is 10.1 Å². The lowest BCUT2D eigenvalue weighted by Gasteiger charge is -2.19. The van der Waals surface area contributed by atoms with Gasteiger partial charge in [-0.3, -0.25) is 0 Å². The summed E-state index contributed by atoms with van der Waals surface area (Å²) in [6, 6.07) is 0.553. The van der Waals surface area contributed by atoms with E-state index in [9.17, 15) is 0 Å². The van der Waals surface area contributed by atoms with Gasteiger partial charge in [-0.1, -0.05) is 36.7 Å². The largest absolute Gasteiger partial charge is 0.380 e. The summed E-state index contributed by atoms with van der Waals surface area (Å²) >= 11 is 3.49. The molecule has 2 nitrogen and oxygen atoms in total. The molecular formula is C11H24BrNO. The van der Waals surface area contributed by atoms with Gasteiger partial charge >= 0.3 is 0 Å². The fraction of sp³-hybridized carbons (Fsp3) is 1.00. The molecule has 0 heterocycles. The molecule has 2 unspecified atom stereocenters. The summed E-state index contributed by atoms with van der Waals surface area (Å²) in [6.07, 6.45) is 0. The highest BCUT2D eigenvalue weighted by atomic mass is 79.9. The first kappa shape index (κ1) is 14.4. The Morgan fingerprint density at radius 3 is 2.36 bits per heavy atom. The van der Waals surface area contributed by atoms with Gasteiger partial charge in [0.05, 0.1) is 6.61 Å². The molecule has 0 rings (SSSR count). The molecule has 0 saturated heterocycles. The van der Waals surface area contributed by atoms with Crippen LogP contribution in [0.15, 0.2) is 0 Å². The molecule has 0 aliphatic carbocycles. The zero-order valence-corrected chi connectivity index (χ0v) is 11.4. The van der Waals surface area contributed by atoms with Crippen molar-refractivity contribution in [1.29, 1.82) is 0 Å². The Morgan fingerprint density at radius 2 is 1.86 bits per heavy atom. The Kier molecular flexibility index (Phi) is 8.94. The van der Waals surface area contributed by atoms with Crippen LogP contribution in [0.5, 0.6) is 0 Å². The van der Waals surface area contributed by atoms with Gasteiger partial charge in [-0.25, -0.2) is 0 Å². The van der Waals surface area contributed by atoms with Crippen LogP contribution in [0, 0.1) is 11.8 Å². The molecule has 0 fully saturated rings. The first-order valence-corrected chi connectivity index (χ1v) is 6.57. The molecule has 1 N–H and O–H groups in total. The lowest BCUT2D eigenvalue weighted by molar-refractivity contribution is 0.109. The van der Waals surface area contributed by atoms with Gasteiger partial charge in [-0.15, -0.1) is 0 Å². The van der Waals surface area contributed by atoms with E-state index >= 15 is 0 Å². The van der Waals surface area contributed by atoms with E-state index in [0.29, 0.717) is 17.9 Å². The highest BCUT2D eigenvalue weighted by Gasteiger charge is 2.08. The molecule has 0 aromatic rings. The number of rotatable bonds is 8. The minimum Gasteiger partial charge on any atom is -0.380 e. The Bertz CT molecular complexity index is 130. The fourth-order valence-corrected chi connectivity index (χ4v) is 1.57. The van der Waals surface area contributed by atoms with Crippen molar-refractivity contribution < 1.29 is 4.74 Å². The van der Waals surface area contributed by atoms with Gasteiger partial charge in [0.25, 0.3) is 0 Å². The summed E-state index contributed by atoms with van der Waals surface area (Å²) in [5.74, 6) is 1.30. The van der Waals surface area contributed by atoms with Gasteiger partial charge in [0.2, 0.25) is 0 Å². The van der Waals surface area contributed by atoms with E-state index in [1.807, 2.05) is 0 Å². The zero-order chi connectivity index (χ0) is 11.0. The second-order valence-electron chi connectivity index (χ2n) is 4.34. The van der Waals surface area contributed by atoms with E-state index in [2.05, 4.69) is 48.9 Å². The second kappa shape index (κ2) is 8.69. The molecule has 3 heteroatoms. The lowest BCUT2D eigenvalue weighted by Crippen LogP contribution is -2.35. The third-order valence-electron chi connectivity index (χ3n) is 2.26. The number of halogens is 1. The summed E-state index contributed by atoms with van der Waals surface area (Å²) in [5, 5.41) is 4.50. The van der Waals surface area contributed by atoms with E-state index in [1.165, 1.54) is 0 Å². The molecule has 0 aromatic heterocycles. The Hall–Kier alpha value is 0.400. The SMILES string of the molecule is CC(C)COCCNC(C)C(C)CBr. The van der Waals surface area contributed by atoms with Crippen LogP contribution >= 0.6 is 15.9 Å². The summed E-state index contributed by atoms with van der Waals surface area (Å²) in [4.78, 5) is 0. The van der Waals surface area contributed by atoms with Crippen molar-refractivity contribution >= 4 is 15.9 Å². The Morgan fingerprint density at radius 1 is 1.21 bits per heavy atom. The maximum atomic E-state index is 5.48. The number of alkyl halides is 1. The van der Waals surface area contributed by atoms with Crippen molar-refractivity contribution in [2.45, 2.75) is 33.7 Å². The minimum absolute atomic E-state index is 0.553. The molecule has 0 spiro atoms. The Labute approximate surface area is 96.9 Å². The summed E-state index contributed by atoms with van der Waals surface area (Å²) in [5.41, 5.74) is 0. The minimum atomic E-state index is 0.553. The molecule has 0 aliphatic heterocycles. The molecule has 2 atom stereocenters. The lowest BCUT2D eigenvalue weighted by atomic mass is 10.1. The molecule has 0 aromatic carbocycles. The van der Waals surface area contributed by atoms with Crippen molar-refractivity contribution in [3.05, 3.63) is 0 Å². The van der Waals surface area contributed by atoms with Gasteiger partial charge in [0, 0.05) is 24.5 Å². The number of hydrogen-bond acceptors (Lipinski definition) is 2. The quantitative estimate of drug-likeness (QED) is 0.538. The van der Waals surface area contributed by atoms with Crippen LogP contribution < -0.4 is 5.32 Å². The van der Waals surface area contributed by atoms with E-state index in [-0.39, 0.29) is 0 Å². The molecule has 0 saturated carbocycles. The maximum absolute atomic E-state index is 5.48. The Balaban J connectivity index is 3.27. The second-order valence-corrected chi connectivity index (χ2v) is 4.99. The van der Waals surface area contributed by atoms with E-state index < -0.39 is 0 Å². The fourth-order valence-electron chi connectivity index (χ4n) is 1.01. The monoisotopic (exact) mass is 265 g/mol. The van der Waals surface area contributed by atoms with Crippen molar-refractivity contribution in [3.63, 3.8) is 0 Å². The van der Waals surface area contributed by atoms with E-state index in [1.54, 1.807) is 0 Å². The maximum Gasteiger partial charge on any atom is 0.0591 e. The highest BCUT2D eigenvalue weighted by molar-refractivity contribution is 9.09. The van der Waals surface area contributed by atoms with Crippen LogP contribution in [0.3, 0.4) is 0 Å². The topological polar surface area (TPSA) is 21.3 Å². The molecule has 0 radical (unpaired) electrons. The predicted octanol–water partition coefficient (Wildman–Crippen LogP) is 2.67. The zero-order valence-electron chi connectivity index (χ0n) is 9.85. The average molecular weight is 266 g/mol. The summed E-state index contributed by atoms with van der Waals surface area (Å²) in [6.45, 7) is 11.4. The number of hydrogen-bond donors (Lipinski definition) is 1. The van der Waals surface area contributed by atoms with Gasteiger partial charge in [0.15, 0.2) is 0 Å². The van der Waals surface area contributed by atoms with Crippen LogP contribution in [-0.2, 0) is 4.74 Å². The normalized spacial score (nSPS) is 15.9. The van der Waals surface area contributed by atoms with Crippen LogP contribution in [0.4, 0.5) is 0 Å². The standard InChI is InChI=1S/C11H24BrNO/c1-9(2)8-14-6-5-13-11(4)10(3)7-12/h9-11,13H,5-8H2,1-4H3. The van der Waals surface area contributed by atoms with Gasteiger partial charge in [-0.05, 0) is 18.8 Å². The third kappa shape index (κ3) is 7.77. The molecule has 86 valence electrons.